The van der Waals surface area contributed by atoms with E-state index in [0.717, 1.165) is 12.5 Å². The van der Waals surface area contributed by atoms with Crippen LogP contribution in [0, 0.1) is 12.8 Å². The van der Waals surface area contributed by atoms with Crippen molar-refractivity contribution in [2.75, 3.05) is 6.54 Å². The SMILES string of the molecule is Cc1ccc2c(c1)C(C(C)C)CC2CN. The Kier molecular flexibility index (Phi) is 2.83. The third kappa shape index (κ3) is 1.81. The second-order valence-electron chi connectivity index (χ2n) is 5.15. The Morgan fingerprint density at radius 2 is 2.07 bits per heavy atom. The largest absolute Gasteiger partial charge is 0.330 e. The fourth-order valence-electron chi connectivity index (χ4n) is 2.80. The van der Waals surface area contributed by atoms with Gasteiger partial charge in [0.2, 0.25) is 0 Å². The summed E-state index contributed by atoms with van der Waals surface area (Å²) in [5.41, 5.74) is 10.3. The van der Waals surface area contributed by atoms with Crippen LogP contribution >= 0.6 is 0 Å². The Hall–Kier alpha value is -0.820. The first-order valence-electron chi connectivity index (χ1n) is 5.94. The Morgan fingerprint density at radius 3 is 2.67 bits per heavy atom. The van der Waals surface area contributed by atoms with Gasteiger partial charge in [-0.25, -0.2) is 0 Å². The van der Waals surface area contributed by atoms with Gasteiger partial charge in [-0.2, -0.15) is 0 Å². The molecule has 1 aliphatic carbocycles. The second kappa shape index (κ2) is 3.97. The molecular weight excluding hydrogens is 182 g/mol. The molecule has 2 N–H and O–H groups in total. The van der Waals surface area contributed by atoms with Gasteiger partial charge in [-0.1, -0.05) is 37.6 Å². The average molecular weight is 203 g/mol. The number of aryl methyl sites for hydroxylation is 1. The van der Waals surface area contributed by atoms with E-state index in [9.17, 15) is 0 Å². The van der Waals surface area contributed by atoms with E-state index in [1.165, 1.54) is 17.5 Å². The zero-order chi connectivity index (χ0) is 11.0. The normalized spacial score (nSPS) is 24.6. The van der Waals surface area contributed by atoms with Crippen molar-refractivity contribution in [3.05, 3.63) is 34.9 Å². The van der Waals surface area contributed by atoms with Crippen LogP contribution in [-0.2, 0) is 0 Å². The smallest absolute Gasteiger partial charge is 0.000791 e. The lowest BCUT2D eigenvalue weighted by Crippen LogP contribution is -2.10. The molecule has 1 aromatic rings. The van der Waals surface area contributed by atoms with Crippen LogP contribution in [0.25, 0.3) is 0 Å². The molecule has 0 aromatic heterocycles. The lowest BCUT2D eigenvalue weighted by Gasteiger charge is -2.16. The van der Waals surface area contributed by atoms with Crippen LogP contribution in [0.4, 0.5) is 0 Å². The fraction of sp³-hybridized carbons (Fsp3) is 0.571. The van der Waals surface area contributed by atoms with Crippen molar-refractivity contribution in [3.63, 3.8) is 0 Å². The van der Waals surface area contributed by atoms with Gasteiger partial charge >= 0.3 is 0 Å². The van der Waals surface area contributed by atoms with Crippen molar-refractivity contribution in [1.82, 2.24) is 0 Å². The van der Waals surface area contributed by atoms with Crippen LogP contribution in [0.15, 0.2) is 18.2 Å². The van der Waals surface area contributed by atoms with Crippen LogP contribution in [0.5, 0.6) is 0 Å². The number of hydrogen-bond acceptors (Lipinski definition) is 1. The van der Waals surface area contributed by atoms with Crippen molar-refractivity contribution in [2.24, 2.45) is 11.7 Å². The van der Waals surface area contributed by atoms with E-state index in [-0.39, 0.29) is 0 Å². The van der Waals surface area contributed by atoms with Crippen molar-refractivity contribution in [1.29, 1.82) is 0 Å². The maximum absolute atomic E-state index is 5.85. The van der Waals surface area contributed by atoms with E-state index in [0.29, 0.717) is 11.8 Å². The fourth-order valence-corrected chi connectivity index (χ4v) is 2.80. The van der Waals surface area contributed by atoms with E-state index in [1.807, 2.05) is 0 Å². The summed E-state index contributed by atoms with van der Waals surface area (Å²) in [6.45, 7) is 7.60. The molecule has 2 atom stereocenters. The highest BCUT2D eigenvalue weighted by Crippen LogP contribution is 2.45. The van der Waals surface area contributed by atoms with Gasteiger partial charge in [-0.15, -0.1) is 0 Å². The Balaban J connectivity index is 2.43. The molecule has 0 saturated carbocycles. The molecule has 0 saturated heterocycles. The predicted octanol–water partition coefficient (Wildman–Crippen LogP) is 3.18. The zero-order valence-electron chi connectivity index (χ0n) is 9.96. The summed E-state index contributed by atoms with van der Waals surface area (Å²) in [5, 5.41) is 0. The van der Waals surface area contributed by atoms with E-state index in [4.69, 9.17) is 5.73 Å². The highest BCUT2D eigenvalue weighted by molar-refractivity contribution is 5.41. The molecule has 15 heavy (non-hydrogen) atoms. The second-order valence-corrected chi connectivity index (χ2v) is 5.15. The molecule has 0 radical (unpaired) electrons. The van der Waals surface area contributed by atoms with E-state index < -0.39 is 0 Å². The van der Waals surface area contributed by atoms with Crippen molar-refractivity contribution in [3.8, 4) is 0 Å². The van der Waals surface area contributed by atoms with Gasteiger partial charge in [-0.05, 0) is 48.8 Å². The number of nitrogens with two attached hydrogens (primary N) is 1. The van der Waals surface area contributed by atoms with Crippen molar-refractivity contribution >= 4 is 0 Å². The first kappa shape index (κ1) is 10.7. The average Bonchev–Trinajstić information content (AvgIpc) is 2.55. The van der Waals surface area contributed by atoms with Gasteiger partial charge in [0.05, 0.1) is 0 Å². The first-order valence-corrected chi connectivity index (χ1v) is 5.94. The molecule has 0 spiro atoms. The monoisotopic (exact) mass is 203 g/mol. The van der Waals surface area contributed by atoms with Crippen LogP contribution in [0.1, 0.15) is 48.8 Å². The lowest BCUT2D eigenvalue weighted by atomic mass is 9.89. The van der Waals surface area contributed by atoms with E-state index >= 15 is 0 Å². The molecule has 1 nitrogen and oxygen atoms in total. The number of rotatable bonds is 2. The minimum Gasteiger partial charge on any atom is -0.330 e. The van der Waals surface area contributed by atoms with Gasteiger partial charge in [0.25, 0.3) is 0 Å². The van der Waals surface area contributed by atoms with Gasteiger partial charge in [0, 0.05) is 0 Å². The summed E-state index contributed by atoms with van der Waals surface area (Å²) in [6, 6.07) is 6.85. The molecule has 0 bridgehead atoms. The number of fused-ring (bicyclic) bond motifs is 1. The highest BCUT2D eigenvalue weighted by atomic mass is 14.6. The van der Waals surface area contributed by atoms with Gasteiger partial charge in [0.1, 0.15) is 0 Å². The van der Waals surface area contributed by atoms with Gasteiger partial charge < -0.3 is 5.73 Å². The molecule has 0 aliphatic heterocycles. The Morgan fingerprint density at radius 1 is 1.33 bits per heavy atom. The molecule has 1 aliphatic rings. The standard InChI is InChI=1S/C14H21N/c1-9(2)13-7-11(8-15)12-5-4-10(3)6-14(12)13/h4-6,9,11,13H,7-8,15H2,1-3H3. The number of hydrogen-bond donors (Lipinski definition) is 1. The molecule has 0 amide bonds. The molecule has 2 rings (SSSR count). The topological polar surface area (TPSA) is 26.0 Å². The Labute approximate surface area is 92.7 Å². The maximum atomic E-state index is 5.85. The molecule has 0 heterocycles. The predicted molar refractivity (Wildman–Crippen MR) is 65.2 cm³/mol. The summed E-state index contributed by atoms with van der Waals surface area (Å²) in [5.74, 6) is 2.03. The van der Waals surface area contributed by atoms with Crippen molar-refractivity contribution in [2.45, 2.75) is 39.0 Å². The maximum Gasteiger partial charge on any atom is -0.000791 e. The quantitative estimate of drug-likeness (QED) is 0.785. The summed E-state index contributed by atoms with van der Waals surface area (Å²) in [6.07, 6.45) is 1.24. The lowest BCUT2D eigenvalue weighted by molar-refractivity contribution is 0.468. The molecular formula is C14H21N. The molecule has 0 fully saturated rings. The molecule has 82 valence electrons. The Bertz CT molecular complexity index is 354. The van der Waals surface area contributed by atoms with Crippen LogP contribution < -0.4 is 5.73 Å². The van der Waals surface area contributed by atoms with E-state index in [1.54, 1.807) is 5.56 Å². The minimum atomic E-state index is 0.591. The minimum absolute atomic E-state index is 0.591. The van der Waals surface area contributed by atoms with Crippen LogP contribution in [0.2, 0.25) is 0 Å². The molecule has 1 heteroatoms. The third-order valence-electron chi connectivity index (χ3n) is 3.71. The highest BCUT2D eigenvalue weighted by Gasteiger charge is 2.31. The zero-order valence-corrected chi connectivity index (χ0v) is 9.96. The third-order valence-corrected chi connectivity index (χ3v) is 3.71. The summed E-state index contributed by atoms with van der Waals surface area (Å²) in [4.78, 5) is 0. The van der Waals surface area contributed by atoms with Crippen LogP contribution in [0.3, 0.4) is 0 Å². The van der Waals surface area contributed by atoms with Gasteiger partial charge in [0.15, 0.2) is 0 Å². The molecule has 2 unspecified atom stereocenters. The van der Waals surface area contributed by atoms with E-state index in [2.05, 4.69) is 39.0 Å². The van der Waals surface area contributed by atoms with Gasteiger partial charge in [-0.3, -0.25) is 0 Å². The van der Waals surface area contributed by atoms with Crippen LogP contribution in [-0.4, -0.2) is 6.54 Å². The summed E-state index contributed by atoms with van der Waals surface area (Å²) in [7, 11) is 0. The van der Waals surface area contributed by atoms with Crippen molar-refractivity contribution < 1.29 is 0 Å². The summed E-state index contributed by atoms with van der Waals surface area (Å²) < 4.78 is 0. The number of benzene rings is 1. The first-order chi connectivity index (χ1) is 7.13. The summed E-state index contributed by atoms with van der Waals surface area (Å²) >= 11 is 0. The molecule has 1 aromatic carbocycles.